The van der Waals surface area contributed by atoms with Gasteiger partial charge >= 0.3 is 6.36 Å². The number of hydrogen-bond acceptors (Lipinski definition) is 5. The average molecular weight is 498 g/mol. The van der Waals surface area contributed by atoms with Crippen molar-refractivity contribution in [2.24, 2.45) is 11.8 Å². The Bertz CT molecular complexity index is 982. The second-order valence-corrected chi connectivity index (χ2v) is 9.10. The highest BCUT2D eigenvalue weighted by atomic mass is 19.4. The van der Waals surface area contributed by atoms with Gasteiger partial charge in [-0.1, -0.05) is 19.1 Å². The normalized spacial score (nSPS) is 17.3. The van der Waals surface area contributed by atoms with Crippen molar-refractivity contribution in [3.05, 3.63) is 35.2 Å². The highest BCUT2D eigenvalue weighted by molar-refractivity contribution is 5.88. The third-order valence-electron chi connectivity index (χ3n) is 5.94. The van der Waals surface area contributed by atoms with Crippen molar-refractivity contribution in [1.29, 1.82) is 0 Å². The third-order valence-corrected chi connectivity index (χ3v) is 5.94. The van der Waals surface area contributed by atoms with E-state index in [0.29, 0.717) is 19.4 Å². The minimum absolute atomic E-state index is 0.0383. The molecule has 1 aliphatic rings. The number of nitrogens with one attached hydrogen (secondary N) is 1. The van der Waals surface area contributed by atoms with Crippen molar-refractivity contribution in [2.75, 3.05) is 13.1 Å². The Morgan fingerprint density at radius 2 is 2.00 bits per heavy atom. The van der Waals surface area contributed by atoms with Crippen molar-refractivity contribution in [3.63, 3.8) is 0 Å². The molecule has 11 heteroatoms. The number of likely N-dealkylation sites (tertiary alicyclic amines) is 1. The van der Waals surface area contributed by atoms with Gasteiger partial charge in [0.25, 0.3) is 0 Å². The minimum Gasteiger partial charge on any atom is -0.407 e. The first-order chi connectivity index (χ1) is 16.2. The van der Waals surface area contributed by atoms with Gasteiger partial charge in [0, 0.05) is 38.0 Å². The highest BCUT2D eigenvalue weighted by Gasteiger charge is 2.39. The molecule has 2 N–H and O–H groups in total. The fraction of sp³-hybridized carbons (Fsp3) is 0.583. The van der Waals surface area contributed by atoms with Crippen molar-refractivity contribution < 1.29 is 37.4 Å². The molecular formula is C24H30F3N3O5. The summed E-state index contributed by atoms with van der Waals surface area (Å²) in [6, 6.07) is 3.56. The Labute approximate surface area is 202 Å². The average Bonchev–Trinajstić information content (AvgIpc) is 2.79. The first-order valence-electron chi connectivity index (χ1n) is 11.3. The lowest BCUT2D eigenvalue weighted by atomic mass is 9.84. The topological polar surface area (TPSA) is 100 Å². The molecule has 192 valence electrons. The van der Waals surface area contributed by atoms with Crippen LogP contribution >= 0.6 is 0 Å². The molecule has 8 nitrogen and oxygen atoms in total. The number of alkyl halides is 3. The summed E-state index contributed by atoms with van der Waals surface area (Å²) in [6.07, 6.45) is -3.83. The number of nitrogens with zero attached hydrogens (tertiary/aromatic N) is 2. The predicted octanol–water partition coefficient (Wildman–Crippen LogP) is 3.75. The Morgan fingerprint density at radius 1 is 1.31 bits per heavy atom. The van der Waals surface area contributed by atoms with Crippen LogP contribution in [0.1, 0.15) is 52.0 Å². The lowest BCUT2D eigenvalue weighted by molar-refractivity contribution is -0.274. The van der Waals surface area contributed by atoms with Gasteiger partial charge in [0.15, 0.2) is 5.69 Å². The summed E-state index contributed by atoms with van der Waals surface area (Å²) in [7, 11) is 0. The van der Waals surface area contributed by atoms with Gasteiger partial charge in [-0.2, -0.15) is 0 Å². The molecule has 0 spiro atoms. The maximum Gasteiger partial charge on any atom is 0.573 e. The maximum absolute atomic E-state index is 13.1. The number of ketones is 1. The van der Waals surface area contributed by atoms with Gasteiger partial charge in [-0.3, -0.25) is 14.4 Å². The molecule has 0 saturated carbocycles. The summed E-state index contributed by atoms with van der Waals surface area (Å²) in [4.78, 5) is 42.4. The molecule has 35 heavy (non-hydrogen) atoms. The second-order valence-electron chi connectivity index (χ2n) is 9.10. The Hall–Kier alpha value is -3.13. The van der Waals surface area contributed by atoms with Gasteiger partial charge in [-0.05, 0) is 32.8 Å². The number of rotatable bonds is 9. The number of ether oxygens (including phenoxy) is 1. The van der Waals surface area contributed by atoms with Crippen LogP contribution in [0.25, 0.3) is 4.85 Å². The number of aliphatic hydroxyl groups is 1. The summed E-state index contributed by atoms with van der Waals surface area (Å²) in [5.41, 5.74) is -1.42. The smallest absolute Gasteiger partial charge is 0.407 e. The van der Waals surface area contributed by atoms with Crippen LogP contribution in [-0.4, -0.2) is 52.7 Å². The summed E-state index contributed by atoms with van der Waals surface area (Å²) in [5, 5.41) is 13.1. The molecule has 2 rings (SSSR count). The molecule has 1 aliphatic heterocycles. The molecule has 1 fully saturated rings. The van der Waals surface area contributed by atoms with Crippen LogP contribution < -0.4 is 10.1 Å². The number of amides is 2. The van der Waals surface area contributed by atoms with Crippen LogP contribution in [0.4, 0.5) is 18.9 Å². The maximum atomic E-state index is 13.1. The van der Waals surface area contributed by atoms with Crippen LogP contribution in [0, 0.1) is 18.4 Å². The highest BCUT2D eigenvalue weighted by Crippen LogP contribution is 2.31. The third kappa shape index (κ3) is 8.24. The number of benzene rings is 1. The van der Waals surface area contributed by atoms with E-state index in [1.165, 1.54) is 30.9 Å². The molecule has 2 atom stereocenters. The van der Waals surface area contributed by atoms with E-state index < -0.39 is 41.4 Å². The van der Waals surface area contributed by atoms with E-state index in [0.717, 1.165) is 6.07 Å². The van der Waals surface area contributed by atoms with E-state index in [4.69, 9.17) is 6.57 Å². The van der Waals surface area contributed by atoms with Crippen molar-refractivity contribution >= 4 is 23.3 Å². The largest absolute Gasteiger partial charge is 0.573 e. The molecule has 2 amide bonds. The molecule has 0 aliphatic carbocycles. The lowest BCUT2D eigenvalue weighted by Gasteiger charge is -2.37. The summed E-state index contributed by atoms with van der Waals surface area (Å²) < 4.78 is 42.3. The SMILES string of the molecule is [C-]#[N+]c1ccc(CNC(=O)[C@@H]2CCCN(C(=O)[C@H](CC(=O)CC)C(C)(C)O)C2)c(OC(F)(F)F)c1. The van der Waals surface area contributed by atoms with Crippen molar-refractivity contribution in [2.45, 2.75) is 65.0 Å². The number of Topliss-reactive ketones (excluding diaryl/α,β-unsaturated/α-hetero) is 1. The minimum atomic E-state index is -4.96. The fourth-order valence-electron chi connectivity index (χ4n) is 3.93. The molecule has 0 unspecified atom stereocenters. The van der Waals surface area contributed by atoms with Gasteiger partial charge in [0.05, 0.1) is 24.0 Å². The second kappa shape index (κ2) is 11.5. The fourth-order valence-corrected chi connectivity index (χ4v) is 3.93. The van der Waals surface area contributed by atoms with Crippen LogP contribution in [-0.2, 0) is 20.9 Å². The van der Waals surface area contributed by atoms with E-state index >= 15 is 0 Å². The molecule has 1 heterocycles. The molecule has 0 radical (unpaired) electrons. The molecule has 0 aromatic heterocycles. The van der Waals surface area contributed by atoms with E-state index in [1.807, 2.05) is 0 Å². The van der Waals surface area contributed by atoms with Crippen molar-refractivity contribution in [3.8, 4) is 5.75 Å². The first kappa shape index (κ1) is 28.1. The Kier molecular flexibility index (Phi) is 9.26. The summed E-state index contributed by atoms with van der Waals surface area (Å²) in [5.74, 6) is -3.13. The quantitative estimate of drug-likeness (QED) is 0.507. The van der Waals surface area contributed by atoms with E-state index in [2.05, 4.69) is 14.9 Å². The van der Waals surface area contributed by atoms with Gasteiger partial charge in [0.2, 0.25) is 11.8 Å². The van der Waals surface area contributed by atoms with E-state index in [-0.39, 0.29) is 43.0 Å². The van der Waals surface area contributed by atoms with Crippen LogP contribution in [0.15, 0.2) is 18.2 Å². The van der Waals surface area contributed by atoms with Gasteiger partial charge in [-0.25, -0.2) is 4.85 Å². The zero-order valence-corrected chi connectivity index (χ0v) is 19.9. The zero-order chi connectivity index (χ0) is 26.4. The lowest BCUT2D eigenvalue weighted by Crippen LogP contribution is -2.51. The molecule has 1 saturated heterocycles. The van der Waals surface area contributed by atoms with Gasteiger partial charge < -0.3 is 20.1 Å². The summed E-state index contributed by atoms with van der Waals surface area (Å²) >= 11 is 0. The van der Waals surface area contributed by atoms with Crippen LogP contribution in [0.2, 0.25) is 0 Å². The molecule has 1 aromatic carbocycles. The van der Waals surface area contributed by atoms with Crippen LogP contribution in [0.3, 0.4) is 0 Å². The monoisotopic (exact) mass is 497 g/mol. The van der Waals surface area contributed by atoms with Gasteiger partial charge in [0.1, 0.15) is 11.5 Å². The Balaban J connectivity index is 2.08. The Morgan fingerprint density at radius 3 is 2.57 bits per heavy atom. The number of carbonyl (C=O) groups excluding carboxylic acids is 3. The first-order valence-corrected chi connectivity index (χ1v) is 11.3. The predicted molar refractivity (Wildman–Crippen MR) is 120 cm³/mol. The number of halogens is 3. The zero-order valence-electron chi connectivity index (χ0n) is 19.9. The number of carbonyl (C=O) groups is 3. The van der Waals surface area contributed by atoms with Gasteiger partial charge in [-0.15, -0.1) is 13.2 Å². The van der Waals surface area contributed by atoms with Crippen molar-refractivity contribution in [1.82, 2.24) is 10.2 Å². The summed E-state index contributed by atoms with van der Waals surface area (Å²) in [6.45, 7) is 11.8. The number of piperidine rings is 1. The number of hydrogen-bond donors (Lipinski definition) is 2. The van der Waals surface area contributed by atoms with Crippen LogP contribution in [0.5, 0.6) is 5.75 Å². The molecular weight excluding hydrogens is 467 g/mol. The van der Waals surface area contributed by atoms with E-state index in [1.54, 1.807) is 6.92 Å². The molecule has 1 aromatic rings. The molecule has 0 bridgehead atoms. The standard InChI is InChI=1S/C24H30F3N3O5/c1-5-18(31)12-19(23(2,3)34)22(33)30-10-6-7-16(14-30)21(32)29-13-15-8-9-17(28-4)11-20(15)35-24(25,26)27/h8-9,11,16,19,34H,5-7,10,12-14H2,1-3H3,(H,29,32)/t16-,19+/m1/s1. The van der Waals surface area contributed by atoms with E-state index in [9.17, 15) is 32.7 Å².